The van der Waals surface area contributed by atoms with E-state index in [0.717, 1.165) is 4.47 Å². The number of hydrogen-bond donors (Lipinski definition) is 1. The summed E-state index contributed by atoms with van der Waals surface area (Å²) >= 11 is 3.32. The van der Waals surface area contributed by atoms with Crippen LogP contribution in [0.2, 0.25) is 0 Å². The van der Waals surface area contributed by atoms with E-state index < -0.39 is 16.9 Å². The highest BCUT2D eigenvalue weighted by atomic mass is 79.9. The number of nitrogens with zero attached hydrogens (tertiary/aromatic N) is 2. The van der Waals surface area contributed by atoms with Gasteiger partial charge in [0.15, 0.2) is 6.10 Å². The zero-order valence-corrected chi connectivity index (χ0v) is 14.3. The number of hydrogen-bond acceptors (Lipinski definition) is 5. The third-order valence-electron chi connectivity index (χ3n) is 2.99. The minimum absolute atomic E-state index is 0.00675. The minimum atomic E-state index is -0.722. The number of hydrazone groups is 1. The molecule has 0 bridgehead atoms. The molecule has 1 N–H and O–H groups in total. The number of nitro groups is 1. The van der Waals surface area contributed by atoms with Crippen LogP contribution < -0.4 is 10.2 Å². The predicted octanol–water partition coefficient (Wildman–Crippen LogP) is 3.27. The summed E-state index contributed by atoms with van der Waals surface area (Å²) in [5.41, 5.74) is 2.98. The van der Waals surface area contributed by atoms with Crippen LogP contribution in [0.5, 0.6) is 5.75 Å². The van der Waals surface area contributed by atoms with E-state index in [0.29, 0.717) is 11.3 Å². The number of nitrogens with one attached hydrogen (secondary N) is 1. The van der Waals surface area contributed by atoms with Crippen LogP contribution in [0.15, 0.2) is 58.1 Å². The zero-order chi connectivity index (χ0) is 17.5. The van der Waals surface area contributed by atoms with Crippen molar-refractivity contribution in [2.45, 2.75) is 13.0 Å². The number of nitro benzene ring substituents is 1. The highest BCUT2D eigenvalue weighted by Crippen LogP contribution is 2.17. The van der Waals surface area contributed by atoms with Crippen molar-refractivity contribution in [1.29, 1.82) is 0 Å². The summed E-state index contributed by atoms with van der Waals surface area (Å²) in [6.07, 6.45) is 0.675. The first-order chi connectivity index (χ1) is 11.5. The fraction of sp³-hybridized carbons (Fsp3) is 0.125. The molecule has 7 nitrogen and oxygen atoms in total. The molecule has 0 aliphatic rings. The van der Waals surface area contributed by atoms with E-state index >= 15 is 0 Å². The summed E-state index contributed by atoms with van der Waals surface area (Å²) in [5, 5.41) is 14.4. The van der Waals surface area contributed by atoms with Crippen LogP contribution in [0.1, 0.15) is 12.5 Å². The second kappa shape index (κ2) is 8.21. The first-order valence-electron chi connectivity index (χ1n) is 6.95. The SMILES string of the molecule is C[C@@H](Oc1ccc(Br)cc1)C(=O)N/N=C\c1ccc([N+](=O)[O-])cc1. The van der Waals surface area contributed by atoms with Gasteiger partial charge in [0.2, 0.25) is 0 Å². The Morgan fingerprint density at radius 2 is 1.88 bits per heavy atom. The Balaban J connectivity index is 1.87. The van der Waals surface area contributed by atoms with Crippen LogP contribution >= 0.6 is 15.9 Å². The van der Waals surface area contributed by atoms with Gasteiger partial charge in [-0.25, -0.2) is 5.43 Å². The molecule has 1 amide bonds. The lowest BCUT2D eigenvalue weighted by molar-refractivity contribution is -0.384. The second-order valence-electron chi connectivity index (χ2n) is 4.80. The maximum absolute atomic E-state index is 11.9. The molecule has 0 radical (unpaired) electrons. The largest absolute Gasteiger partial charge is 0.481 e. The number of carbonyl (C=O) groups is 1. The van der Waals surface area contributed by atoms with Crippen molar-refractivity contribution in [1.82, 2.24) is 5.43 Å². The summed E-state index contributed by atoms with van der Waals surface area (Å²) < 4.78 is 6.41. The molecule has 2 aromatic carbocycles. The third-order valence-corrected chi connectivity index (χ3v) is 3.52. The molecule has 0 aliphatic carbocycles. The fourth-order valence-corrected chi connectivity index (χ4v) is 1.98. The second-order valence-corrected chi connectivity index (χ2v) is 5.71. The van der Waals surface area contributed by atoms with Gasteiger partial charge in [-0.3, -0.25) is 14.9 Å². The van der Waals surface area contributed by atoms with Gasteiger partial charge in [0.1, 0.15) is 5.75 Å². The van der Waals surface area contributed by atoms with Crippen molar-refractivity contribution >= 4 is 33.7 Å². The van der Waals surface area contributed by atoms with Crippen LogP contribution in [0.4, 0.5) is 5.69 Å². The Hall–Kier alpha value is -2.74. The Kier molecular flexibility index (Phi) is 6.02. The number of benzene rings is 2. The lowest BCUT2D eigenvalue weighted by Gasteiger charge is -2.12. The van der Waals surface area contributed by atoms with Gasteiger partial charge in [0.25, 0.3) is 11.6 Å². The fourth-order valence-electron chi connectivity index (χ4n) is 1.71. The molecule has 0 aliphatic heterocycles. The van der Waals surface area contributed by atoms with Gasteiger partial charge in [-0.15, -0.1) is 0 Å². The zero-order valence-electron chi connectivity index (χ0n) is 12.7. The van der Waals surface area contributed by atoms with E-state index in [1.54, 1.807) is 19.1 Å². The summed E-state index contributed by atoms with van der Waals surface area (Å²) in [6, 6.07) is 12.9. The molecule has 2 rings (SSSR count). The van der Waals surface area contributed by atoms with E-state index in [2.05, 4.69) is 26.5 Å². The average Bonchev–Trinajstić information content (AvgIpc) is 2.57. The number of amides is 1. The quantitative estimate of drug-likeness (QED) is 0.464. The van der Waals surface area contributed by atoms with Crippen molar-refractivity contribution in [2.75, 3.05) is 0 Å². The molecule has 0 unspecified atom stereocenters. The van der Waals surface area contributed by atoms with Gasteiger partial charge in [0, 0.05) is 16.6 Å². The molecule has 0 saturated carbocycles. The topological polar surface area (TPSA) is 93.8 Å². The molecule has 0 spiro atoms. The van der Waals surface area contributed by atoms with Gasteiger partial charge in [-0.05, 0) is 48.9 Å². The molecule has 0 aromatic heterocycles. The van der Waals surface area contributed by atoms with Gasteiger partial charge in [-0.1, -0.05) is 15.9 Å². The molecular weight excluding hydrogens is 378 g/mol. The highest BCUT2D eigenvalue weighted by molar-refractivity contribution is 9.10. The van der Waals surface area contributed by atoms with Crippen LogP contribution in [0.3, 0.4) is 0 Å². The van der Waals surface area contributed by atoms with E-state index in [4.69, 9.17) is 4.74 Å². The third kappa shape index (κ3) is 5.17. The Bertz CT molecular complexity index is 745. The van der Waals surface area contributed by atoms with Crippen molar-refractivity contribution < 1.29 is 14.5 Å². The highest BCUT2D eigenvalue weighted by Gasteiger charge is 2.13. The van der Waals surface area contributed by atoms with Crippen LogP contribution in [-0.4, -0.2) is 23.1 Å². The van der Waals surface area contributed by atoms with Gasteiger partial charge in [0.05, 0.1) is 11.1 Å². The van der Waals surface area contributed by atoms with E-state index in [1.807, 2.05) is 12.1 Å². The molecule has 2 aromatic rings. The van der Waals surface area contributed by atoms with Crippen molar-refractivity contribution in [3.8, 4) is 5.75 Å². The summed E-state index contributed by atoms with van der Waals surface area (Å²) in [4.78, 5) is 22.0. The normalized spacial score (nSPS) is 11.9. The first kappa shape index (κ1) is 17.6. The average molecular weight is 392 g/mol. The molecule has 0 saturated heterocycles. The number of non-ortho nitro benzene ring substituents is 1. The predicted molar refractivity (Wildman–Crippen MR) is 93.1 cm³/mol. The summed E-state index contributed by atoms with van der Waals surface area (Å²) in [6.45, 7) is 1.61. The number of halogens is 1. The van der Waals surface area contributed by atoms with E-state index in [9.17, 15) is 14.9 Å². The van der Waals surface area contributed by atoms with Crippen molar-refractivity contribution in [3.05, 3.63) is 68.7 Å². The maximum atomic E-state index is 11.9. The van der Waals surface area contributed by atoms with E-state index in [-0.39, 0.29) is 5.69 Å². The smallest absolute Gasteiger partial charge is 0.280 e. The molecule has 1 atom stereocenters. The molecule has 0 heterocycles. The maximum Gasteiger partial charge on any atom is 0.280 e. The van der Waals surface area contributed by atoms with Crippen LogP contribution in [0, 0.1) is 10.1 Å². The van der Waals surface area contributed by atoms with Crippen LogP contribution in [-0.2, 0) is 4.79 Å². The standard InChI is InChI=1S/C16H14BrN3O4/c1-11(24-15-8-4-13(17)5-9-15)16(21)19-18-10-12-2-6-14(7-3-12)20(22)23/h2-11H,1H3,(H,19,21)/b18-10-/t11-/m1/s1. The van der Waals surface area contributed by atoms with Gasteiger partial charge >= 0.3 is 0 Å². The Morgan fingerprint density at radius 3 is 2.46 bits per heavy atom. The summed E-state index contributed by atoms with van der Waals surface area (Å²) in [5.74, 6) is 0.163. The molecule has 0 fully saturated rings. The summed E-state index contributed by atoms with van der Waals surface area (Å²) in [7, 11) is 0. The number of rotatable bonds is 6. The Labute approximate surface area is 146 Å². The molecular formula is C16H14BrN3O4. The lowest BCUT2D eigenvalue weighted by atomic mass is 10.2. The molecule has 124 valence electrons. The number of ether oxygens (including phenoxy) is 1. The van der Waals surface area contributed by atoms with Crippen LogP contribution in [0.25, 0.3) is 0 Å². The molecule has 24 heavy (non-hydrogen) atoms. The van der Waals surface area contributed by atoms with Crippen molar-refractivity contribution in [3.63, 3.8) is 0 Å². The molecule has 8 heteroatoms. The monoisotopic (exact) mass is 391 g/mol. The van der Waals surface area contributed by atoms with Gasteiger partial charge < -0.3 is 4.74 Å². The lowest BCUT2D eigenvalue weighted by Crippen LogP contribution is -2.33. The number of carbonyl (C=O) groups excluding carboxylic acids is 1. The van der Waals surface area contributed by atoms with E-state index in [1.165, 1.54) is 30.5 Å². The van der Waals surface area contributed by atoms with Crippen molar-refractivity contribution in [2.24, 2.45) is 5.10 Å². The minimum Gasteiger partial charge on any atom is -0.481 e. The Morgan fingerprint density at radius 1 is 1.25 bits per heavy atom. The van der Waals surface area contributed by atoms with Gasteiger partial charge in [-0.2, -0.15) is 5.10 Å². The first-order valence-corrected chi connectivity index (χ1v) is 7.74.